The Morgan fingerprint density at radius 3 is 2.84 bits per heavy atom. The maximum Gasteiger partial charge on any atom is 0.224 e. The summed E-state index contributed by atoms with van der Waals surface area (Å²) >= 11 is 5.96. The molecule has 1 heterocycles. The first-order chi connectivity index (χ1) is 9.24. The van der Waals surface area contributed by atoms with Gasteiger partial charge in [-0.25, -0.2) is 4.98 Å². The SMILES string of the molecule is CCc1nc(Cl)cc(Oc2ccc3c(c2)CCC3)n1. The van der Waals surface area contributed by atoms with Crippen LogP contribution in [0.15, 0.2) is 24.3 Å². The average molecular weight is 275 g/mol. The Labute approximate surface area is 117 Å². The zero-order valence-electron chi connectivity index (χ0n) is 10.8. The molecule has 0 aliphatic heterocycles. The number of halogens is 1. The van der Waals surface area contributed by atoms with Crippen molar-refractivity contribution in [1.29, 1.82) is 0 Å². The van der Waals surface area contributed by atoms with Gasteiger partial charge in [-0.15, -0.1) is 0 Å². The number of nitrogens with zero attached hydrogens (tertiary/aromatic N) is 2. The van der Waals surface area contributed by atoms with Crippen molar-refractivity contribution in [2.75, 3.05) is 0 Å². The van der Waals surface area contributed by atoms with Crippen LogP contribution in [0.5, 0.6) is 11.6 Å². The highest BCUT2D eigenvalue weighted by molar-refractivity contribution is 6.29. The Morgan fingerprint density at radius 2 is 2.00 bits per heavy atom. The van der Waals surface area contributed by atoms with Crippen LogP contribution in [0.3, 0.4) is 0 Å². The second kappa shape index (κ2) is 5.17. The van der Waals surface area contributed by atoms with Crippen LogP contribution in [-0.4, -0.2) is 9.97 Å². The minimum Gasteiger partial charge on any atom is -0.439 e. The van der Waals surface area contributed by atoms with Gasteiger partial charge in [0.1, 0.15) is 16.7 Å². The fraction of sp³-hybridized carbons (Fsp3) is 0.333. The number of rotatable bonds is 3. The Morgan fingerprint density at radius 1 is 1.16 bits per heavy atom. The van der Waals surface area contributed by atoms with E-state index in [0.717, 1.165) is 18.6 Å². The third-order valence-corrected chi connectivity index (χ3v) is 3.52. The van der Waals surface area contributed by atoms with Gasteiger partial charge in [0, 0.05) is 12.5 Å². The lowest BCUT2D eigenvalue weighted by Crippen LogP contribution is -1.96. The molecule has 0 radical (unpaired) electrons. The van der Waals surface area contributed by atoms with E-state index in [1.54, 1.807) is 6.07 Å². The maximum absolute atomic E-state index is 5.96. The highest BCUT2D eigenvalue weighted by Crippen LogP contribution is 2.28. The smallest absolute Gasteiger partial charge is 0.224 e. The van der Waals surface area contributed by atoms with Crippen LogP contribution in [0.1, 0.15) is 30.3 Å². The van der Waals surface area contributed by atoms with Crippen molar-refractivity contribution in [1.82, 2.24) is 9.97 Å². The van der Waals surface area contributed by atoms with Crippen LogP contribution in [0, 0.1) is 0 Å². The lowest BCUT2D eigenvalue weighted by atomic mass is 10.1. The first-order valence-corrected chi connectivity index (χ1v) is 6.95. The zero-order valence-corrected chi connectivity index (χ0v) is 11.6. The molecule has 0 unspecified atom stereocenters. The molecule has 0 bridgehead atoms. The van der Waals surface area contributed by atoms with Crippen molar-refractivity contribution in [2.24, 2.45) is 0 Å². The van der Waals surface area contributed by atoms with Gasteiger partial charge in [-0.3, -0.25) is 0 Å². The van der Waals surface area contributed by atoms with Crippen LogP contribution >= 0.6 is 11.6 Å². The summed E-state index contributed by atoms with van der Waals surface area (Å²) in [6.45, 7) is 1.99. The summed E-state index contributed by atoms with van der Waals surface area (Å²) < 4.78 is 5.79. The van der Waals surface area contributed by atoms with E-state index < -0.39 is 0 Å². The number of benzene rings is 1. The molecule has 0 fully saturated rings. The van der Waals surface area contributed by atoms with Crippen LogP contribution in [0.2, 0.25) is 5.15 Å². The molecule has 1 aliphatic carbocycles. The third kappa shape index (κ3) is 2.71. The number of aryl methyl sites for hydroxylation is 3. The molecule has 0 saturated carbocycles. The number of hydrogen-bond donors (Lipinski definition) is 0. The van der Waals surface area contributed by atoms with Gasteiger partial charge in [0.05, 0.1) is 0 Å². The molecule has 0 amide bonds. The molecule has 4 heteroatoms. The van der Waals surface area contributed by atoms with Gasteiger partial charge in [0.2, 0.25) is 5.88 Å². The number of ether oxygens (including phenoxy) is 1. The van der Waals surface area contributed by atoms with Gasteiger partial charge in [-0.2, -0.15) is 4.98 Å². The summed E-state index contributed by atoms with van der Waals surface area (Å²) in [5.41, 5.74) is 2.82. The Bertz CT molecular complexity index is 613. The van der Waals surface area contributed by atoms with Crippen LogP contribution < -0.4 is 4.74 Å². The van der Waals surface area contributed by atoms with E-state index in [-0.39, 0.29) is 0 Å². The Balaban J connectivity index is 1.86. The summed E-state index contributed by atoms with van der Waals surface area (Å²) in [5, 5.41) is 0.419. The van der Waals surface area contributed by atoms with Crippen molar-refractivity contribution >= 4 is 11.6 Å². The highest BCUT2D eigenvalue weighted by Gasteiger charge is 2.12. The van der Waals surface area contributed by atoms with Gasteiger partial charge in [0.25, 0.3) is 0 Å². The monoisotopic (exact) mass is 274 g/mol. The van der Waals surface area contributed by atoms with Crippen molar-refractivity contribution in [2.45, 2.75) is 32.6 Å². The van der Waals surface area contributed by atoms with E-state index in [0.29, 0.717) is 16.9 Å². The minimum absolute atomic E-state index is 0.419. The highest BCUT2D eigenvalue weighted by atomic mass is 35.5. The normalized spacial score (nSPS) is 13.4. The van der Waals surface area contributed by atoms with Gasteiger partial charge in [-0.05, 0) is 42.5 Å². The molecule has 3 nitrogen and oxygen atoms in total. The number of hydrogen-bond acceptors (Lipinski definition) is 3. The van der Waals surface area contributed by atoms with Gasteiger partial charge in [-0.1, -0.05) is 24.6 Å². The van der Waals surface area contributed by atoms with E-state index in [4.69, 9.17) is 16.3 Å². The largest absolute Gasteiger partial charge is 0.439 e. The predicted molar refractivity (Wildman–Crippen MR) is 75.0 cm³/mol. The van der Waals surface area contributed by atoms with Gasteiger partial charge >= 0.3 is 0 Å². The molecule has 1 aromatic carbocycles. The van der Waals surface area contributed by atoms with E-state index in [9.17, 15) is 0 Å². The topological polar surface area (TPSA) is 35.0 Å². The zero-order chi connectivity index (χ0) is 13.2. The van der Waals surface area contributed by atoms with Crippen molar-refractivity contribution in [3.8, 4) is 11.6 Å². The average Bonchev–Trinajstić information content (AvgIpc) is 2.85. The van der Waals surface area contributed by atoms with Crippen molar-refractivity contribution in [3.63, 3.8) is 0 Å². The molecule has 1 aliphatic rings. The van der Waals surface area contributed by atoms with Crippen molar-refractivity contribution in [3.05, 3.63) is 46.4 Å². The first-order valence-electron chi connectivity index (χ1n) is 6.57. The van der Waals surface area contributed by atoms with Crippen LogP contribution in [-0.2, 0) is 19.3 Å². The quantitative estimate of drug-likeness (QED) is 0.794. The molecular weight excluding hydrogens is 260 g/mol. The lowest BCUT2D eigenvalue weighted by molar-refractivity contribution is 0.458. The molecular formula is C15H15ClN2O. The van der Waals surface area contributed by atoms with Crippen LogP contribution in [0.4, 0.5) is 0 Å². The Hall–Kier alpha value is -1.61. The molecule has 19 heavy (non-hydrogen) atoms. The summed E-state index contributed by atoms with van der Waals surface area (Å²) in [5.74, 6) is 2.02. The molecule has 3 rings (SSSR count). The van der Waals surface area contributed by atoms with Gasteiger partial charge < -0.3 is 4.74 Å². The fourth-order valence-electron chi connectivity index (χ4n) is 2.38. The first kappa shape index (κ1) is 12.4. The summed E-state index contributed by atoms with van der Waals surface area (Å²) in [4.78, 5) is 8.45. The summed E-state index contributed by atoms with van der Waals surface area (Å²) in [7, 11) is 0. The fourth-order valence-corrected chi connectivity index (χ4v) is 2.58. The molecule has 0 spiro atoms. The second-order valence-electron chi connectivity index (χ2n) is 4.68. The molecule has 98 valence electrons. The summed E-state index contributed by atoms with van der Waals surface area (Å²) in [6, 6.07) is 7.88. The summed E-state index contributed by atoms with van der Waals surface area (Å²) in [6.07, 6.45) is 4.28. The molecule has 1 aromatic heterocycles. The molecule has 0 N–H and O–H groups in total. The van der Waals surface area contributed by atoms with E-state index in [1.807, 2.05) is 13.0 Å². The Kier molecular flexibility index (Phi) is 3.38. The third-order valence-electron chi connectivity index (χ3n) is 3.33. The molecule has 2 aromatic rings. The number of aromatic nitrogens is 2. The van der Waals surface area contributed by atoms with E-state index in [2.05, 4.69) is 22.1 Å². The number of fused-ring (bicyclic) bond motifs is 1. The standard InChI is InChI=1S/C15H15ClN2O/c1-2-14-17-13(16)9-15(18-14)19-12-7-6-10-4-3-5-11(10)8-12/h6-9H,2-5H2,1H3. The van der Waals surface area contributed by atoms with Gasteiger partial charge in [0.15, 0.2) is 0 Å². The van der Waals surface area contributed by atoms with E-state index >= 15 is 0 Å². The molecule has 0 saturated heterocycles. The van der Waals surface area contributed by atoms with Crippen molar-refractivity contribution < 1.29 is 4.74 Å². The minimum atomic E-state index is 0.419. The van der Waals surface area contributed by atoms with E-state index in [1.165, 1.54) is 24.0 Å². The molecule has 0 atom stereocenters. The predicted octanol–water partition coefficient (Wildman–Crippen LogP) is 3.97. The lowest BCUT2D eigenvalue weighted by Gasteiger charge is -2.08. The van der Waals surface area contributed by atoms with Crippen LogP contribution in [0.25, 0.3) is 0 Å². The maximum atomic E-state index is 5.96. The second-order valence-corrected chi connectivity index (χ2v) is 5.07.